The van der Waals surface area contributed by atoms with Gasteiger partial charge in [0.1, 0.15) is 16.4 Å². The van der Waals surface area contributed by atoms with Crippen LogP contribution < -0.4 is 14.2 Å². The maximum Gasteiger partial charge on any atom is 0.265 e. The average molecular weight is 375 g/mol. The van der Waals surface area contributed by atoms with Gasteiger partial charge in [0.25, 0.3) is 15.9 Å². The molecule has 136 valence electrons. The molecule has 0 aliphatic heterocycles. The number of aromatic nitrogens is 2. The van der Waals surface area contributed by atoms with Crippen molar-refractivity contribution in [1.29, 1.82) is 0 Å². The van der Waals surface area contributed by atoms with Gasteiger partial charge in [-0.2, -0.15) is 4.98 Å². The van der Waals surface area contributed by atoms with Crippen LogP contribution in [0.25, 0.3) is 11.5 Å². The van der Waals surface area contributed by atoms with Gasteiger partial charge in [0.15, 0.2) is 5.82 Å². The van der Waals surface area contributed by atoms with E-state index in [0.717, 1.165) is 0 Å². The summed E-state index contributed by atoms with van der Waals surface area (Å²) in [5.41, 5.74) is 0.962. The van der Waals surface area contributed by atoms with Crippen LogP contribution in [0.2, 0.25) is 0 Å². The third-order valence-corrected chi connectivity index (χ3v) is 4.97. The van der Waals surface area contributed by atoms with Crippen LogP contribution in [0.3, 0.4) is 0 Å². The number of rotatable bonds is 6. The Bertz CT molecular complexity index is 1030. The predicted molar refractivity (Wildman–Crippen MR) is 94.8 cm³/mol. The van der Waals surface area contributed by atoms with Crippen LogP contribution in [0.1, 0.15) is 5.82 Å². The fourth-order valence-corrected chi connectivity index (χ4v) is 3.54. The minimum absolute atomic E-state index is 0.000150. The van der Waals surface area contributed by atoms with Crippen LogP contribution in [0.5, 0.6) is 11.5 Å². The number of nitrogens with zero attached hydrogens (tertiary/aromatic N) is 2. The summed E-state index contributed by atoms with van der Waals surface area (Å²) >= 11 is 0. The quantitative estimate of drug-likeness (QED) is 0.706. The number of sulfonamides is 1. The minimum atomic E-state index is -3.87. The lowest BCUT2D eigenvalue weighted by atomic mass is 10.2. The second kappa shape index (κ2) is 7.04. The molecule has 0 atom stereocenters. The highest BCUT2D eigenvalue weighted by Gasteiger charge is 2.21. The van der Waals surface area contributed by atoms with Crippen LogP contribution in [0, 0.1) is 6.92 Å². The zero-order chi connectivity index (χ0) is 18.7. The van der Waals surface area contributed by atoms with E-state index in [1.165, 1.54) is 26.4 Å². The van der Waals surface area contributed by atoms with Crippen LogP contribution in [0.4, 0.5) is 5.69 Å². The van der Waals surface area contributed by atoms with E-state index in [4.69, 9.17) is 14.0 Å². The predicted octanol–water partition coefficient (Wildman–Crippen LogP) is 2.86. The van der Waals surface area contributed by atoms with Gasteiger partial charge in [-0.25, -0.2) is 8.42 Å². The van der Waals surface area contributed by atoms with E-state index < -0.39 is 10.0 Å². The second-order valence-corrected chi connectivity index (χ2v) is 7.00. The van der Waals surface area contributed by atoms with Crippen LogP contribution >= 0.6 is 0 Å². The SMILES string of the molecule is COc1ccc(S(=O)(=O)Nc2cccc(-c3nc(C)no3)c2)c(OC)c1. The van der Waals surface area contributed by atoms with Gasteiger partial charge in [-0.3, -0.25) is 4.72 Å². The van der Waals surface area contributed by atoms with Gasteiger partial charge in [0, 0.05) is 17.3 Å². The Balaban J connectivity index is 1.93. The molecule has 26 heavy (non-hydrogen) atoms. The number of benzene rings is 2. The first kappa shape index (κ1) is 17.7. The Hall–Kier alpha value is -3.07. The molecule has 0 saturated heterocycles. The van der Waals surface area contributed by atoms with Crippen molar-refractivity contribution >= 4 is 15.7 Å². The molecule has 3 rings (SSSR count). The first-order valence-electron chi connectivity index (χ1n) is 7.58. The number of nitrogens with one attached hydrogen (secondary N) is 1. The first-order chi connectivity index (χ1) is 12.4. The molecule has 0 spiro atoms. The van der Waals surface area contributed by atoms with E-state index in [2.05, 4.69) is 14.9 Å². The molecule has 0 amide bonds. The van der Waals surface area contributed by atoms with Crippen molar-refractivity contribution in [2.45, 2.75) is 11.8 Å². The molecular weight excluding hydrogens is 358 g/mol. The molecule has 1 aromatic heterocycles. The van der Waals surface area contributed by atoms with Gasteiger partial charge < -0.3 is 14.0 Å². The molecule has 2 aromatic carbocycles. The number of hydrogen-bond donors (Lipinski definition) is 1. The van der Waals surface area contributed by atoms with Crippen LogP contribution in [0.15, 0.2) is 51.9 Å². The van der Waals surface area contributed by atoms with Crippen molar-refractivity contribution in [3.63, 3.8) is 0 Å². The summed E-state index contributed by atoms with van der Waals surface area (Å²) in [6.45, 7) is 1.70. The number of anilines is 1. The smallest absolute Gasteiger partial charge is 0.265 e. The summed E-state index contributed by atoms with van der Waals surface area (Å²) in [7, 11) is -0.985. The van der Waals surface area contributed by atoms with Gasteiger partial charge >= 0.3 is 0 Å². The Morgan fingerprint density at radius 3 is 2.54 bits per heavy atom. The zero-order valence-electron chi connectivity index (χ0n) is 14.4. The van der Waals surface area contributed by atoms with Crippen molar-refractivity contribution in [3.05, 3.63) is 48.3 Å². The molecule has 3 aromatic rings. The summed E-state index contributed by atoms with van der Waals surface area (Å²) < 4.78 is 43.4. The molecule has 0 aliphatic carbocycles. The van der Waals surface area contributed by atoms with Crippen molar-refractivity contribution < 1.29 is 22.4 Å². The van der Waals surface area contributed by atoms with Crippen LogP contribution in [-0.2, 0) is 10.0 Å². The number of hydrogen-bond acceptors (Lipinski definition) is 7. The molecule has 0 radical (unpaired) electrons. The standard InChI is InChI=1S/C17H17N3O5S/c1-11-18-17(25-19-11)12-5-4-6-13(9-12)20-26(21,22)16-8-7-14(23-2)10-15(16)24-3/h4-10,20H,1-3H3. The fourth-order valence-electron chi connectivity index (χ4n) is 2.34. The van der Waals surface area contributed by atoms with Crippen molar-refractivity contribution in [2.24, 2.45) is 0 Å². The molecular formula is C17H17N3O5S. The highest BCUT2D eigenvalue weighted by Crippen LogP contribution is 2.30. The lowest BCUT2D eigenvalue weighted by Gasteiger charge is -2.13. The summed E-state index contributed by atoms with van der Waals surface area (Å²) in [5, 5.41) is 3.73. The molecule has 1 heterocycles. The van der Waals surface area contributed by atoms with Crippen molar-refractivity contribution in [2.75, 3.05) is 18.9 Å². The van der Waals surface area contributed by atoms with E-state index in [-0.39, 0.29) is 10.6 Å². The Kier molecular flexibility index (Phi) is 4.81. The maximum absolute atomic E-state index is 12.7. The van der Waals surface area contributed by atoms with E-state index in [9.17, 15) is 8.42 Å². The molecule has 0 fully saturated rings. The Labute approximate surface area is 150 Å². The third kappa shape index (κ3) is 3.62. The average Bonchev–Trinajstić information content (AvgIpc) is 3.07. The van der Waals surface area contributed by atoms with Gasteiger partial charge in [0.2, 0.25) is 0 Å². The normalized spacial score (nSPS) is 11.2. The van der Waals surface area contributed by atoms with E-state index in [1.807, 2.05) is 0 Å². The molecule has 0 bridgehead atoms. The summed E-state index contributed by atoms with van der Waals surface area (Å²) in [6, 6.07) is 11.2. The lowest BCUT2D eigenvalue weighted by molar-refractivity contribution is 0.386. The van der Waals surface area contributed by atoms with Gasteiger partial charge in [-0.15, -0.1) is 0 Å². The van der Waals surface area contributed by atoms with Gasteiger partial charge in [0.05, 0.1) is 14.2 Å². The third-order valence-electron chi connectivity index (χ3n) is 3.55. The van der Waals surface area contributed by atoms with Crippen molar-refractivity contribution in [1.82, 2.24) is 10.1 Å². The van der Waals surface area contributed by atoms with Crippen molar-refractivity contribution in [3.8, 4) is 23.0 Å². The topological polar surface area (TPSA) is 104 Å². The molecule has 0 aliphatic rings. The minimum Gasteiger partial charge on any atom is -0.497 e. The van der Waals surface area contributed by atoms with Gasteiger partial charge in [-0.1, -0.05) is 11.2 Å². The molecule has 0 unspecified atom stereocenters. The van der Waals surface area contributed by atoms with E-state index >= 15 is 0 Å². The Morgan fingerprint density at radius 1 is 1.08 bits per heavy atom. The number of aryl methyl sites for hydroxylation is 1. The first-order valence-corrected chi connectivity index (χ1v) is 9.07. The highest BCUT2D eigenvalue weighted by atomic mass is 32.2. The van der Waals surface area contributed by atoms with Crippen LogP contribution in [-0.4, -0.2) is 32.8 Å². The molecule has 9 heteroatoms. The lowest BCUT2D eigenvalue weighted by Crippen LogP contribution is -2.14. The largest absolute Gasteiger partial charge is 0.497 e. The zero-order valence-corrected chi connectivity index (χ0v) is 15.2. The van der Waals surface area contributed by atoms with E-state index in [0.29, 0.717) is 28.7 Å². The molecule has 8 nitrogen and oxygen atoms in total. The fraction of sp³-hybridized carbons (Fsp3) is 0.176. The number of methoxy groups -OCH3 is 2. The molecule has 0 saturated carbocycles. The second-order valence-electron chi connectivity index (χ2n) is 5.35. The summed E-state index contributed by atoms with van der Waals surface area (Å²) in [5.74, 6) is 1.48. The maximum atomic E-state index is 12.7. The van der Waals surface area contributed by atoms with Gasteiger partial charge in [-0.05, 0) is 37.3 Å². The summed E-state index contributed by atoms with van der Waals surface area (Å²) in [6.07, 6.45) is 0. The molecule has 1 N–H and O–H groups in total. The number of ether oxygens (including phenoxy) is 2. The monoisotopic (exact) mass is 375 g/mol. The highest BCUT2D eigenvalue weighted by molar-refractivity contribution is 7.92. The van der Waals surface area contributed by atoms with E-state index in [1.54, 1.807) is 37.3 Å². The Morgan fingerprint density at radius 2 is 1.88 bits per heavy atom. The summed E-state index contributed by atoms with van der Waals surface area (Å²) in [4.78, 5) is 4.13.